The summed E-state index contributed by atoms with van der Waals surface area (Å²) in [6.07, 6.45) is 1.89. The van der Waals surface area contributed by atoms with Crippen LogP contribution in [0.5, 0.6) is 0 Å². The summed E-state index contributed by atoms with van der Waals surface area (Å²) in [6.45, 7) is 0. The lowest BCUT2D eigenvalue weighted by Gasteiger charge is -1.99. The second kappa shape index (κ2) is 4.19. The van der Waals surface area contributed by atoms with Crippen molar-refractivity contribution in [3.8, 4) is 0 Å². The molecule has 1 rings (SSSR count). The molecule has 0 heterocycles. The van der Waals surface area contributed by atoms with Crippen molar-refractivity contribution in [3.05, 3.63) is 27.7 Å². The smallest absolute Gasteiger partial charge is 0.240 e. The van der Waals surface area contributed by atoms with Gasteiger partial charge in [0.1, 0.15) is 0 Å². The Morgan fingerprint density at radius 3 is 2.23 bits per heavy atom. The number of carbonyl (C=O) groups excluding carboxylic acids is 2. The number of aldehydes is 1. The van der Waals surface area contributed by atoms with Gasteiger partial charge in [-0.15, -0.1) is 0 Å². The van der Waals surface area contributed by atoms with Gasteiger partial charge >= 0.3 is 0 Å². The highest BCUT2D eigenvalue weighted by Crippen LogP contribution is 2.28. The molecule has 1 aromatic rings. The summed E-state index contributed by atoms with van der Waals surface area (Å²) < 4.78 is 0. The van der Waals surface area contributed by atoms with Crippen molar-refractivity contribution < 1.29 is 9.59 Å². The maximum Gasteiger partial charge on any atom is 0.240 e. The molecule has 0 aromatic heterocycles. The summed E-state index contributed by atoms with van der Waals surface area (Å²) in [4.78, 5) is 23.7. The third-order valence-electron chi connectivity index (χ3n) is 1.36. The summed E-state index contributed by atoms with van der Waals surface area (Å²) >= 11 is 11.3. The molecule has 0 aliphatic rings. The molecule has 3 nitrogen and oxygen atoms in total. The molecule has 1 aromatic carbocycles. The van der Waals surface area contributed by atoms with E-state index in [1.165, 1.54) is 18.2 Å². The Balaban J connectivity index is 3.35. The summed E-state index contributed by atoms with van der Waals surface area (Å²) in [6, 6.07) is 2.73. The van der Waals surface area contributed by atoms with Gasteiger partial charge in [-0.1, -0.05) is 23.2 Å². The molecular formula is C8H3Cl2NO2. The van der Waals surface area contributed by atoms with E-state index in [0.29, 0.717) is 6.29 Å². The molecule has 0 saturated heterocycles. The fourth-order valence-electron chi connectivity index (χ4n) is 0.801. The molecule has 0 bridgehead atoms. The number of rotatable bonds is 2. The number of benzene rings is 1. The maximum absolute atomic E-state index is 10.4. The third kappa shape index (κ3) is 2.16. The second-order valence-corrected chi connectivity index (χ2v) is 2.96. The summed E-state index contributed by atoms with van der Waals surface area (Å²) in [7, 11) is 0. The summed E-state index contributed by atoms with van der Waals surface area (Å²) in [5, 5.41) is 0.327. The first kappa shape index (κ1) is 9.93. The zero-order valence-electron chi connectivity index (χ0n) is 6.25. The second-order valence-electron chi connectivity index (χ2n) is 2.14. The number of hydrogen-bond donors (Lipinski definition) is 0. The zero-order valence-corrected chi connectivity index (χ0v) is 7.76. The van der Waals surface area contributed by atoms with Gasteiger partial charge in [-0.05, 0) is 12.1 Å². The van der Waals surface area contributed by atoms with Crippen molar-refractivity contribution in [1.82, 2.24) is 0 Å². The predicted octanol–water partition coefficient (Wildman–Crippen LogP) is 2.77. The third-order valence-corrected chi connectivity index (χ3v) is 1.98. The molecule has 0 saturated carbocycles. The minimum absolute atomic E-state index is 0.163. The number of hydrogen-bond acceptors (Lipinski definition) is 3. The van der Waals surface area contributed by atoms with Crippen molar-refractivity contribution in [3.63, 3.8) is 0 Å². The van der Waals surface area contributed by atoms with E-state index in [1.54, 1.807) is 0 Å². The summed E-state index contributed by atoms with van der Waals surface area (Å²) in [5.74, 6) is 0. The van der Waals surface area contributed by atoms with Crippen LogP contribution in [0.25, 0.3) is 0 Å². The zero-order chi connectivity index (χ0) is 9.84. The van der Waals surface area contributed by atoms with Gasteiger partial charge in [0.15, 0.2) is 6.29 Å². The Kier molecular flexibility index (Phi) is 3.20. The standard InChI is InChI=1S/C8H3Cl2NO2/c9-7-1-5(11-4-13)2-8(10)6(7)3-12/h1-3H. The Hall–Kier alpha value is -1.15. The monoisotopic (exact) mass is 215 g/mol. The normalized spacial score (nSPS) is 9.08. The van der Waals surface area contributed by atoms with Crippen molar-refractivity contribution >= 4 is 41.3 Å². The van der Waals surface area contributed by atoms with Gasteiger partial charge in [-0.3, -0.25) is 4.79 Å². The molecule has 66 valence electrons. The number of halogens is 2. The van der Waals surface area contributed by atoms with Crippen molar-refractivity contribution in [2.75, 3.05) is 0 Å². The molecule has 5 heteroatoms. The van der Waals surface area contributed by atoms with Crippen LogP contribution in [0.2, 0.25) is 10.0 Å². The Morgan fingerprint density at radius 2 is 1.85 bits per heavy atom. The van der Waals surface area contributed by atoms with Gasteiger partial charge in [-0.2, -0.15) is 4.99 Å². The van der Waals surface area contributed by atoms with Crippen molar-refractivity contribution in [2.24, 2.45) is 4.99 Å². The number of aliphatic imine (C=N–C) groups is 1. The highest BCUT2D eigenvalue weighted by molar-refractivity contribution is 6.38. The van der Waals surface area contributed by atoms with Crippen LogP contribution in [-0.4, -0.2) is 12.4 Å². The van der Waals surface area contributed by atoms with Gasteiger partial charge < -0.3 is 0 Å². The van der Waals surface area contributed by atoms with Gasteiger partial charge in [0, 0.05) is 0 Å². The topological polar surface area (TPSA) is 46.5 Å². The van der Waals surface area contributed by atoms with E-state index in [0.717, 1.165) is 0 Å². The van der Waals surface area contributed by atoms with E-state index in [-0.39, 0.29) is 21.3 Å². The Bertz CT molecular complexity index is 374. The summed E-state index contributed by atoms with van der Waals surface area (Å²) in [5.41, 5.74) is 0.462. The predicted molar refractivity (Wildman–Crippen MR) is 49.6 cm³/mol. The molecular weight excluding hydrogens is 213 g/mol. The molecule has 0 aliphatic heterocycles. The first-order valence-electron chi connectivity index (χ1n) is 3.21. The molecule has 0 amide bonds. The van der Waals surface area contributed by atoms with Crippen molar-refractivity contribution in [2.45, 2.75) is 0 Å². The quantitative estimate of drug-likeness (QED) is 0.433. The molecule has 0 fully saturated rings. The number of nitrogens with zero attached hydrogens (tertiary/aromatic N) is 1. The molecule has 0 radical (unpaired) electrons. The van der Waals surface area contributed by atoms with Crippen LogP contribution in [0.3, 0.4) is 0 Å². The van der Waals surface area contributed by atoms with Crippen LogP contribution in [0.4, 0.5) is 5.69 Å². The Labute approximate surface area is 84.0 Å². The highest BCUT2D eigenvalue weighted by Gasteiger charge is 2.06. The fourth-order valence-corrected chi connectivity index (χ4v) is 1.37. The fraction of sp³-hybridized carbons (Fsp3) is 0. The Morgan fingerprint density at radius 1 is 1.31 bits per heavy atom. The van der Waals surface area contributed by atoms with Gasteiger partial charge in [-0.25, -0.2) is 4.79 Å². The van der Waals surface area contributed by atoms with E-state index in [9.17, 15) is 9.59 Å². The minimum atomic E-state index is 0.163. The molecule has 0 aliphatic carbocycles. The lowest BCUT2D eigenvalue weighted by Crippen LogP contribution is -1.83. The molecule has 13 heavy (non-hydrogen) atoms. The van der Waals surface area contributed by atoms with Crippen LogP contribution in [0, 0.1) is 0 Å². The van der Waals surface area contributed by atoms with Gasteiger partial charge in [0.2, 0.25) is 6.08 Å². The van der Waals surface area contributed by atoms with E-state index in [2.05, 4.69) is 4.99 Å². The first-order chi connectivity index (χ1) is 6.19. The molecule has 0 spiro atoms. The van der Waals surface area contributed by atoms with E-state index >= 15 is 0 Å². The SMILES string of the molecule is O=C=Nc1cc(Cl)c(C=O)c(Cl)c1. The number of carbonyl (C=O) groups is 1. The van der Waals surface area contributed by atoms with Crippen LogP contribution < -0.4 is 0 Å². The van der Waals surface area contributed by atoms with Crippen LogP contribution in [-0.2, 0) is 4.79 Å². The maximum atomic E-state index is 10.4. The molecule has 0 N–H and O–H groups in total. The van der Waals surface area contributed by atoms with E-state index in [4.69, 9.17) is 23.2 Å². The molecule has 0 unspecified atom stereocenters. The van der Waals surface area contributed by atoms with Crippen molar-refractivity contribution in [1.29, 1.82) is 0 Å². The highest BCUT2D eigenvalue weighted by atomic mass is 35.5. The largest absolute Gasteiger partial charge is 0.298 e. The first-order valence-corrected chi connectivity index (χ1v) is 3.96. The average molecular weight is 216 g/mol. The van der Waals surface area contributed by atoms with E-state index < -0.39 is 0 Å². The number of isocyanates is 1. The van der Waals surface area contributed by atoms with Gasteiger partial charge in [0.05, 0.1) is 21.3 Å². The van der Waals surface area contributed by atoms with Crippen LogP contribution in [0.1, 0.15) is 10.4 Å². The van der Waals surface area contributed by atoms with Crippen LogP contribution >= 0.6 is 23.2 Å². The lowest BCUT2D eigenvalue weighted by atomic mass is 10.2. The average Bonchev–Trinajstić information content (AvgIpc) is 2.04. The van der Waals surface area contributed by atoms with E-state index in [1.807, 2.05) is 0 Å². The minimum Gasteiger partial charge on any atom is -0.298 e. The molecule has 0 atom stereocenters. The lowest BCUT2D eigenvalue weighted by molar-refractivity contribution is 0.112. The van der Waals surface area contributed by atoms with Crippen LogP contribution in [0.15, 0.2) is 17.1 Å². The van der Waals surface area contributed by atoms with Gasteiger partial charge in [0.25, 0.3) is 0 Å².